The third-order valence-corrected chi connectivity index (χ3v) is 5.87. The number of fused-ring (bicyclic) bond motifs is 1. The summed E-state index contributed by atoms with van der Waals surface area (Å²) in [5.41, 5.74) is 3.30. The van der Waals surface area contributed by atoms with E-state index in [0.29, 0.717) is 13.2 Å². The summed E-state index contributed by atoms with van der Waals surface area (Å²) in [4.78, 5) is 23.8. The van der Waals surface area contributed by atoms with Crippen LogP contribution in [0.15, 0.2) is 47.3 Å². The molecule has 0 unspecified atom stereocenters. The Morgan fingerprint density at radius 1 is 1.23 bits per heavy atom. The highest BCUT2D eigenvalue weighted by molar-refractivity contribution is 5.81. The second kappa shape index (κ2) is 12.5. The van der Waals surface area contributed by atoms with Crippen LogP contribution < -0.4 is 0 Å². The van der Waals surface area contributed by atoms with Crippen LogP contribution in [0, 0.1) is 17.8 Å². The van der Waals surface area contributed by atoms with Crippen molar-refractivity contribution in [3.8, 4) is 0 Å². The quantitative estimate of drug-likeness (QED) is 0.279. The molecule has 2 rings (SSSR count). The first-order chi connectivity index (χ1) is 14.9. The molecule has 0 radical (unpaired) electrons. The molecule has 0 N–H and O–H groups in total. The smallest absolute Gasteiger partial charge is 0.330 e. The first-order valence-corrected chi connectivity index (χ1v) is 11.2. The van der Waals surface area contributed by atoms with Crippen LogP contribution in [0.2, 0.25) is 0 Å². The second-order valence-electron chi connectivity index (χ2n) is 7.90. The zero-order chi connectivity index (χ0) is 22.8. The van der Waals surface area contributed by atoms with Gasteiger partial charge in [0.2, 0.25) is 0 Å². The van der Waals surface area contributed by atoms with E-state index in [4.69, 9.17) is 14.2 Å². The number of hydrogen-bond donors (Lipinski definition) is 0. The highest BCUT2D eigenvalue weighted by Gasteiger charge is 2.41. The fourth-order valence-electron chi connectivity index (χ4n) is 4.15. The Kier molecular flexibility index (Phi) is 10.0. The number of carbonyl (C=O) groups is 2. The van der Waals surface area contributed by atoms with E-state index in [9.17, 15) is 9.59 Å². The largest absolute Gasteiger partial charge is 0.472 e. The molecule has 1 aliphatic carbocycles. The number of hydrogen-bond acceptors (Lipinski definition) is 6. The van der Waals surface area contributed by atoms with Gasteiger partial charge in [-0.1, -0.05) is 25.2 Å². The van der Waals surface area contributed by atoms with Crippen molar-refractivity contribution in [2.45, 2.75) is 59.7 Å². The van der Waals surface area contributed by atoms with Gasteiger partial charge in [-0.05, 0) is 68.6 Å². The molecule has 0 aromatic rings. The van der Waals surface area contributed by atoms with E-state index >= 15 is 0 Å². The summed E-state index contributed by atoms with van der Waals surface area (Å²) in [6, 6.07) is 0. The van der Waals surface area contributed by atoms with E-state index in [1.54, 1.807) is 0 Å². The van der Waals surface area contributed by atoms with E-state index in [1.165, 1.54) is 13.2 Å². The summed E-state index contributed by atoms with van der Waals surface area (Å²) in [5, 5.41) is 0. The molecule has 0 saturated carbocycles. The zero-order valence-electron chi connectivity index (χ0n) is 19.4. The van der Waals surface area contributed by atoms with Crippen LogP contribution in [0.25, 0.3) is 0 Å². The van der Waals surface area contributed by atoms with Gasteiger partial charge in [-0.25, -0.2) is 4.79 Å². The van der Waals surface area contributed by atoms with Gasteiger partial charge in [0.05, 0.1) is 25.9 Å². The van der Waals surface area contributed by atoms with Crippen LogP contribution in [0.5, 0.6) is 0 Å². The zero-order valence-corrected chi connectivity index (χ0v) is 19.4. The monoisotopic (exact) mass is 432 g/mol. The Morgan fingerprint density at radius 3 is 2.68 bits per heavy atom. The molecular weight excluding hydrogens is 396 g/mol. The van der Waals surface area contributed by atoms with E-state index < -0.39 is 0 Å². The van der Waals surface area contributed by atoms with Gasteiger partial charge in [0.1, 0.15) is 0 Å². The highest BCUT2D eigenvalue weighted by atomic mass is 16.7. The SMILES string of the molecule is CCOC(=O)[C@@H]1C=C(/C(C)=C/CCC/C=C/C(=O)OC)C2=CO[C@@H](OCC)C[C@H]2[C@@H]1C. The molecule has 2 aliphatic rings. The molecular formula is C25H36O6. The van der Waals surface area contributed by atoms with Gasteiger partial charge in [-0.2, -0.15) is 0 Å². The maximum Gasteiger partial charge on any atom is 0.330 e. The maximum absolute atomic E-state index is 12.7. The molecule has 0 saturated heterocycles. The molecule has 6 heteroatoms. The van der Waals surface area contributed by atoms with Gasteiger partial charge < -0.3 is 18.9 Å². The number of allylic oxidation sites excluding steroid dienone is 5. The number of rotatable bonds is 10. The average molecular weight is 433 g/mol. The Labute approximate surface area is 186 Å². The lowest BCUT2D eigenvalue weighted by atomic mass is 9.68. The Balaban J connectivity index is 2.18. The maximum atomic E-state index is 12.7. The highest BCUT2D eigenvalue weighted by Crippen LogP contribution is 2.45. The fraction of sp³-hybridized carbons (Fsp3) is 0.600. The third-order valence-electron chi connectivity index (χ3n) is 5.87. The first kappa shape index (κ1) is 24.9. The number of esters is 2. The van der Waals surface area contributed by atoms with Crippen molar-refractivity contribution in [3.05, 3.63) is 47.3 Å². The summed E-state index contributed by atoms with van der Waals surface area (Å²) in [5.74, 6) is -0.516. The minimum Gasteiger partial charge on any atom is -0.472 e. The number of methoxy groups -OCH3 is 1. The van der Waals surface area contributed by atoms with E-state index in [2.05, 4.69) is 24.7 Å². The van der Waals surface area contributed by atoms with Crippen molar-refractivity contribution in [1.82, 2.24) is 0 Å². The van der Waals surface area contributed by atoms with Crippen LogP contribution in [-0.2, 0) is 28.5 Å². The van der Waals surface area contributed by atoms with Crippen LogP contribution >= 0.6 is 0 Å². The van der Waals surface area contributed by atoms with Crippen molar-refractivity contribution in [2.75, 3.05) is 20.3 Å². The van der Waals surface area contributed by atoms with Crippen LogP contribution in [0.3, 0.4) is 0 Å². The Hall–Kier alpha value is -2.34. The van der Waals surface area contributed by atoms with Crippen LogP contribution in [0.4, 0.5) is 0 Å². The summed E-state index contributed by atoms with van der Waals surface area (Å²) in [6.07, 6.45) is 12.3. The number of ether oxygens (including phenoxy) is 4. The topological polar surface area (TPSA) is 71.1 Å². The van der Waals surface area contributed by atoms with E-state index in [1.807, 2.05) is 32.3 Å². The molecule has 172 valence electrons. The molecule has 0 aromatic heterocycles. The molecule has 0 amide bonds. The van der Waals surface area contributed by atoms with E-state index in [-0.39, 0.29) is 36.0 Å². The summed E-state index contributed by atoms with van der Waals surface area (Å²) in [7, 11) is 1.37. The fourth-order valence-corrected chi connectivity index (χ4v) is 4.15. The molecule has 0 spiro atoms. The molecule has 31 heavy (non-hydrogen) atoms. The lowest BCUT2D eigenvalue weighted by molar-refractivity contribution is -0.151. The molecule has 0 bridgehead atoms. The summed E-state index contributed by atoms with van der Waals surface area (Å²) < 4.78 is 21.5. The van der Waals surface area contributed by atoms with Crippen LogP contribution in [0.1, 0.15) is 53.4 Å². The molecule has 0 aromatic carbocycles. The van der Waals surface area contributed by atoms with Gasteiger partial charge in [0.25, 0.3) is 0 Å². The van der Waals surface area contributed by atoms with Gasteiger partial charge >= 0.3 is 11.9 Å². The summed E-state index contributed by atoms with van der Waals surface area (Å²) in [6.45, 7) is 8.92. The molecule has 6 nitrogen and oxygen atoms in total. The van der Waals surface area contributed by atoms with E-state index in [0.717, 1.165) is 42.4 Å². The second-order valence-corrected chi connectivity index (χ2v) is 7.90. The lowest BCUT2D eigenvalue weighted by Gasteiger charge is -2.40. The molecule has 0 fully saturated rings. The predicted molar refractivity (Wildman–Crippen MR) is 119 cm³/mol. The van der Waals surface area contributed by atoms with Crippen molar-refractivity contribution in [3.63, 3.8) is 0 Å². The van der Waals surface area contributed by atoms with Crippen molar-refractivity contribution in [1.29, 1.82) is 0 Å². The normalized spacial score (nSPS) is 25.9. The molecule has 4 atom stereocenters. The van der Waals surface area contributed by atoms with Crippen molar-refractivity contribution >= 4 is 11.9 Å². The van der Waals surface area contributed by atoms with Gasteiger partial charge in [-0.3, -0.25) is 4.79 Å². The minimum absolute atomic E-state index is 0.108. The predicted octanol–water partition coefficient (Wildman–Crippen LogP) is 4.87. The molecule has 1 heterocycles. The lowest BCUT2D eigenvalue weighted by Crippen LogP contribution is -2.38. The standard InChI is InChI=1S/C25H36O6/c1-6-29-24-15-20-18(4)21(25(27)30-7-2)14-19(22(20)16-31-24)17(3)12-10-8-9-11-13-23(26)28-5/h11-14,16,18,20-21,24H,6-10,15H2,1-5H3/b13-11+,17-12+/t18-,20-,21+,24+/m0/s1. The van der Waals surface area contributed by atoms with Gasteiger partial charge in [0, 0.05) is 19.1 Å². The first-order valence-electron chi connectivity index (χ1n) is 11.2. The van der Waals surface area contributed by atoms with Crippen molar-refractivity contribution < 1.29 is 28.5 Å². The third kappa shape index (κ3) is 6.82. The minimum atomic E-state index is -0.334. The summed E-state index contributed by atoms with van der Waals surface area (Å²) >= 11 is 0. The number of unbranched alkanes of at least 4 members (excludes halogenated alkanes) is 2. The van der Waals surface area contributed by atoms with Crippen molar-refractivity contribution in [2.24, 2.45) is 17.8 Å². The Morgan fingerprint density at radius 2 is 2.00 bits per heavy atom. The average Bonchev–Trinajstić information content (AvgIpc) is 2.76. The van der Waals surface area contributed by atoms with Gasteiger partial charge in [-0.15, -0.1) is 0 Å². The molecule has 1 aliphatic heterocycles. The number of carbonyl (C=O) groups excluding carboxylic acids is 2. The van der Waals surface area contributed by atoms with Crippen LogP contribution in [-0.4, -0.2) is 38.6 Å². The Bertz CT molecular complexity index is 745. The van der Waals surface area contributed by atoms with Gasteiger partial charge in [0.15, 0.2) is 6.29 Å².